The van der Waals surface area contributed by atoms with E-state index in [0.29, 0.717) is 23.3 Å². The number of hydrogen-bond donors (Lipinski definition) is 1. The maximum atomic E-state index is 12.9. The number of nitrogens with zero attached hydrogens (tertiary/aromatic N) is 1. The molecule has 0 unspecified atom stereocenters. The summed E-state index contributed by atoms with van der Waals surface area (Å²) < 4.78 is 71.2. The first-order chi connectivity index (χ1) is 12.6. The van der Waals surface area contributed by atoms with Crippen molar-refractivity contribution in [3.05, 3.63) is 65.1 Å². The van der Waals surface area contributed by atoms with Crippen LogP contribution < -0.4 is 4.72 Å². The summed E-state index contributed by atoms with van der Waals surface area (Å²) in [6, 6.07) is 8.52. The molecule has 3 rings (SSSR count). The Morgan fingerprint density at radius 2 is 1.78 bits per heavy atom. The summed E-state index contributed by atoms with van der Waals surface area (Å²) >= 11 is 5.52. The molecular weight excluding hydrogens is 405 g/mol. The largest absolute Gasteiger partial charge is 0.441 e. The molecule has 0 aliphatic rings. The standard InChI is InChI=1S/C17H12ClF3N2O3S/c1-10-22-9-16(26-10)11-2-4-12(5-3-11)23-27(24,25)13-6-7-15(18)14(8-13)17(19,20)21/h2-9,23H,1H3. The molecule has 27 heavy (non-hydrogen) atoms. The Morgan fingerprint density at radius 3 is 2.33 bits per heavy atom. The summed E-state index contributed by atoms with van der Waals surface area (Å²) in [5.41, 5.74) is -0.369. The van der Waals surface area contributed by atoms with Crippen molar-refractivity contribution in [1.82, 2.24) is 4.98 Å². The maximum Gasteiger partial charge on any atom is 0.417 e. The van der Waals surface area contributed by atoms with Crippen molar-refractivity contribution in [1.29, 1.82) is 0 Å². The lowest BCUT2D eigenvalue weighted by Gasteiger charge is -2.12. The van der Waals surface area contributed by atoms with Gasteiger partial charge in [0, 0.05) is 18.2 Å². The predicted octanol–water partition coefficient (Wildman–Crippen LogP) is 5.12. The van der Waals surface area contributed by atoms with E-state index >= 15 is 0 Å². The lowest BCUT2D eigenvalue weighted by Crippen LogP contribution is -2.15. The van der Waals surface area contributed by atoms with Crippen LogP contribution in [0.15, 0.2) is 58.0 Å². The molecule has 0 fully saturated rings. The highest BCUT2D eigenvalue weighted by atomic mass is 35.5. The summed E-state index contributed by atoms with van der Waals surface area (Å²) in [6.07, 6.45) is -3.24. The quantitative estimate of drug-likeness (QED) is 0.640. The van der Waals surface area contributed by atoms with Crippen LogP contribution in [0.5, 0.6) is 0 Å². The highest BCUT2D eigenvalue weighted by Crippen LogP contribution is 2.36. The van der Waals surface area contributed by atoms with E-state index in [9.17, 15) is 21.6 Å². The Morgan fingerprint density at radius 1 is 1.11 bits per heavy atom. The number of rotatable bonds is 4. The van der Waals surface area contributed by atoms with Crippen molar-refractivity contribution in [3.63, 3.8) is 0 Å². The first-order valence-corrected chi connectivity index (χ1v) is 9.35. The Balaban J connectivity index is 1.86. The van der Waals surface area contributed by atoms with Crippen LogP contribution in [0, 0.1) is 6.92 Å². The van der Waals surface area contributed by atoms with Gasteiger partial charge in [0.1, 0.15) is 0 Å². The smallest absolute Gasteiger partial charge is 0.417 e. The van der Waals surface area contributed by atoms with Crippen LogP contribution in [-0.4, -0.2) is 13.4 Å². The third kappa shape index (κ3) is 4.25. The van der Waals surface area contributed by atoms with E-state index < -0.39 is 31.7 Å². The van der Waals surface area contributed by atoms with E-state index in [1.165, 1.54) is 18.3 Å². The second-order valence-corrected chi connectivity index (χ2v) is 7.66. The van der Waals surface area contributed by atoms with E-state index in [4.69, 9.17) is 16.0 Å². The fraction of sp³-hybridized carbons (Fsp3) is 0.118. The average molecular weight is 417 g/mol. The van der Waals surface area contributed by atoms with Crippen LogP contribution in [0.3, 0.4) is 0 Å². The molecule has 0 aliphatic heterocycles. The molecule has 0 atom stereocenters. The number of aryl methyl sites for hydroxylation is 1. The van der Waals surface area contributed by atoms with Gasteiger partial charge < -0.3 is 4.42 Å². The molecule has 1 aromatic heterocycles. The summed E-state index contributed by atoms with van der Waals surface area (Å²) in [5.74, 6) is 0.993. The molecule has 0 amide bonds. The van der Waals surface area contributed by atoms with Crippen LogP contribution in [0.2, 0.25) is 5.02 Å². The topological polar surface area (TPSA) is 72.2 Å². The Hall–Kier alpha value is -2.52. The van der Waals surface area contributed by atoms with E-state index in [-0.39, 0.29) is 5.69 Å². The maximum absolute atomic E-state index is 12.9. The second-order valence-electron chi connectivity index (χ2n) is 5.57. The monoisotopic (exact) mass is 416 g/mol. The van der Waals surface area contributed by atoms with Crippen molar-refractivity contribution >= 4 is 27.3 Å². The SMILES string of the molecule is Cc1ncc(-c2ccc(NS(=O)(=O)c3ccc(Cl)c(C(F)(F)F)c3)cc2)o1. The molecule has 0 aliphatic carbocycles. The van der Waals surface area contributed by atoms with Gasteiger partial charge in [0.05, 0.1) is 21.7 Å². The molecule has 0 radical (unpaired) electrons. The number of alkyl halides is 3. The van der Waals surface area contributed by atoms with Crippen LogP contribution in [0.25, 0.3) is 11.3 Å². The van der Waals surface area contributed by atoms with Gasteiger partial charge in [-0.2, -0.15) is 13.2 Å². The molecule has 3 aromatic rings. The Kier molecular flexibility index (Phi) is 4.92. The van der Waals surface area contributed by atoms with Crippen molar-refractivity contribution in [3.8, 4) is 11.3 Å². The molecular formula is C17H12ClF3N2O3S. The van der Waals surface area contributed by atoms with Gasteiger partial charge in [-0.05, 0) is 42.5 Å². The van der Waals surface area contributed by atoms with Gasteiger partial charge in [-0.1, -0.05) is 11.6 Å². The zero-order valence-corrected chi connectivity index (χ0v) is 15.3. The van der Waals surface area contributed by atoms with Crippen LogP contribution in [0.4, 0.5) is 18.9 Å². The highest BCUT2D eigenvalue weighted by molar-refractivity contribution is 7.92. The minimum Gasteiger partial charge on any atom is -0.441 e. The zero-order valence-electron chi connectivity index (χ0n) is 13.7. The second kappa shape index (κ2) is 6.90. The number of benzene rings is 2. The third-order valence-electron chi connectivity index (χ3n) is 3.60. The molecule has 142 valence electrons. The molecule has 1 heterocycles. The molecule has 0 saturated heterocycles. The number of anilines is 1. The van der Waals surface area contributed by atoms with Gasteiger partial charge in [0.15, 0.2) is 11.7 Å². The fourth-order valence-corrected chi connectivity index (χ4v) is 3.61. The van der Waals surface area contributed by atoms with Crippen LogP contribution in [-0.2, 0) is 16.2 Å². The first-order valence-electron chi connectivity index (χ1n) is 7.49. The molecule has 2 aromatic carbocycles. The lowest BCUT2D eigenvalue weighted by molar-refractivity contribution is -0.137. The van der Waals surface area contributed by atoms with Crippen molar-refractivity contribution < 1.29 is 26.0 Å². The van der Waals surface area contributed by atoms with E-state index in [2.05, 4.69) is 9.71 Å². The Bertz CT molecular complexity index is 1080. The summed E-state index contributed by atoms with van der Waals surface area (Å²) in [6.45, 7) is 1.69. The van der Waals surface area contributed by atoms with E-state index in [1.54, 1.807) is 19.1 Å². The number of oxazole rings is 1. The fourth-order valence-electron chi connectivity index (χ4n) is 2.30. The number of aromatic nitrogens is 1. The summed E-state index contributed by atoms with van der Waals surface area (Å²) in [7, 11) is -4.23. The molecule has 5 nitrogen and oxygen atoms in total. The number of nitrogens with one attached hydrogen (secondary N) is 1. The van der Waals surface area contributed by atoms with Gasteiger partial charge >= 0.3 is 6.18 Å². The Labute approximate surface area is 157 Å². The molecule has 10 heteroatoms. The van der Waals surface area contributed by atoms with Crippen LogP contribution >= 0.6 is 11.6 Å². The van der Waals surface area contributed by atoms with Crippen molar-refractivity contribution in [2.24, 2.45) is 0 Å². The zero-order chi connectivity index (χ0) is 19.8. The van der Waals surface area contributed by atoms with Crippen LogP contribution in [0.1, 0.15) is 11.5 Å². The average Bonchev–Trinajstić information content (AvgIpc) is 3.01. The predicted molar refractivity (Wildman–Crippen MR) is 93.9 cm³/mol. The number of halogens is 4. The van der Waals surface area contributed by atoms with Gasteiger partial charge in [0.2, 0.25) is 0 Å². The molecule has 1 N–H and O–H groups in total. The summed E-state index contributed by atoms with van der Waals surface area (Å²) in [4.78, 5) is 3.42. The number of sulfonamides is 1. The minimum atomic E-state index is -4.76. The molecule has 0 saturated carbocycles. The highest BCUT2D eigenvalue weighted by Gasteiger charge is 2.34. The molecule has 0 bridgehead atoms. The minimum absolute atomic E-state index is 0.179. The molecule has 0 spiro atoms. The van der Waals surface area contributed by atoms with E-state index in [0.717, 1.165) is 12.1 Å². The van der Waals surface area contributed by atoms with Crippen molar-refractivity contribution in [2.75, 3.05) is 4.72 Å². The lowest BCUT2D eigenvalue weighted by atomic mass is 10.2. The van der Waals surface area contributed by atoms with E-state index in [1.807, 2.05) is 0 Å². The third-order valence-corrected chi connectivity index (χ3v) is 5.30. The van der Waals surface area contributed by atoms with Crippen molar-refractivity contribution in [2.45, 2.75) is 18.0 Å². The van der Waals surface area contributed by atoms with Gasteiger partial charge in [-0.15, -0.1) is 0 Å². The summed E-state index contributed by atoms with van der Waals surface area (Å²) in [5, 5.41) is -0.576. The normalized spacial score (nSPS) is 12.2. The van der Waals surface area contributed by atoms with Gasteiger partial charge in [0.25, 0.3) is 10.0 Å². The van der Waals surface area contributed by atoms with Gasteiger partial charge in [-0.3, -0.25) is 4.72 Å². The number of hydrogen-bond acceptors (Lipinski definition) is 4. The first kappa shape index (κ1) is 19.2. The van der Waals surface area contributed by atoms with Gasteiger partial charge in [-0.25, -0.2) is 13.4 Å².